The summed E-state index contributed by atoms with van der Waals surface area (Å²) in [6.07, 6.45) is 1.27. The fourth-order valence-corrected chi connectivity index (χ4v) is 3.49. The summed E-state index contributed by atoms with van der Waals surface area (Å²) in [5.74, 6) is -0.830. The number of halogens is 1. The van der Waals surface area contributed by atoms with Crippen molar-refractivity contribution in [3.8, 4) is 17.2 Å². The first kappa shape index (κ1) is 26.6. The summed E-state index contributed by atoms with van der Waals surface area (Å²) >= 11 is 6.14. The number of aryl methyl sites for hydroxylation is 3. The Morgan fingerprint density at radius 3 is 2.22 bits per heavy atom. The molecule has 1 amide bonds. The van der Waals surface area contributed by atoms with E-state index in [0.29, 0.717) is 34.4 Å². The van der Waals surface area contributed by atoms with Crippen molar-refractivity contribution in [2.45, 2.75) is 27.4 Å². The summed E-state index contributed by atoms with van der Waals surface area (Å²) < 4.78 is 16.7. The minimum absolute atomic E-state index is 0.346. The molecule has 8 heteroatoms. The number of nitrogens with one attached hydrogen (secondary N) is 1. The quantitative estimate of drug-likeness (QED) is 0.413. The third-order valence-electron chi connectivity index (χ3n) is 5.29. The average Bonchev–Trinajstić information content (AvgIpc) is 2.85. The highest BCUT2D eigenvalue weighted by Crippen LogP contribution is 2.30. The zero-order valence-corrected chi connectivity index (χ0v) is 21.3. The molecule has 0 aliphatic carbocycles. The molecule has 0 aliphatic rings. The van der Waals surface area contributed by atoms with Crippen LogP contribution in [0.5, 0.6) is 17.2 Å². The smallest absolute Gasteiger partial charge is 0.262 e. The van der Waals surface area contributed by atoms with Crippen LogP contribution < -0.4 is 24.6 Å². The molecule has 0 unspecified atom stereocenters. The lowest BCUT2D eigenvalue weighted by atomic mass is 10.1. The Kier molecular flexibility index (Phi) is 8.97. The Hall–Kier alpha value is -3.97. The largest absolute Gasteiger partial charge is 0.543 e. The number of aliphatic carboxylic acids is 1. The van der Waals surface area contributed by atoms with Crippen molar-refractivity contribution in [3.05, 3.63) is 93.1 Å². The minimum Gasteiger partial charge on any atom is -0.543 e. The molecule has 0 bridgehead atoms. The van der Waals surface area contributed by atoms with Gasteiger partial charge >= 0.3 is 0 Å². The first-order valence-electron chi connectivity index (χ1n) is 11.1. The monoisotopic (exact) mass is 508 g/mol. The van der Waals surface area contributed by atoms with Crippen molar-refractivity contribution in [2.75, 3.05) is 13.7 Å². The van der Waals surface area contributed by atoms with Crippen molar-refractivity contribution >= 4 is 29.6 Å². The molecule has 7 nitrogen and oxygen atoms in total. The van der Waals surface area contributed by atoms with Gasteiger partial charge in [-0.3, -0.25) is 4.79 Å². The van der Waals surface area contributed by atoms with E-state index in [4.69, 9.17) is 25.8 Å². The van der Waals surface area contributed by atoms with Gasteiger partial charge in [-0.2, -0.15) is 0 Å². The highest BCUT2D eigenvalue weighted by atomic mass is 35.5. The maximum Gasteiger partial charge on any atom is 0.262 e. The molecule has 0 saturated heterocycles. The van der Waals surface area contributed by atoms with Gasteiger partial charge in [0.1, 0.15) is 12.4 Å². The summed E-state index contributed by atoms with van der Waals surface area (Å²) in [7, 11) is 1.49. The van der Waals surface area contributed by atoms with Crippen LogP contribution in [0.15, 0.2) is 60.3 Å². The predicted octanol–water partition coefficient (Wildman–Crippen LogP) is 4.14. The van der Waals surface area contributed by atoms with E-state index in [9.17, 15) is 14.7 Å². The van der Waals surface area contributed by atoms with E-state index in [-0.39, 0.29) is 6.61 Å². The summed E-state index contributed by atoms with van der Waals surface area (Å²) in [5.41, 5.74) is 3.83. The van der Waals surface area contributed by atoms with Crippen molar-refractivity contribution < 1.29 is 28.9 Å². The molecule has 1 N–H and O–H groups in total. The molecule has 3 rings (SSSR count). The molecular formula is C28H27ClNO6-. The number of benzene rings is 3. The van der Waals surface area contributed by atoms with E-state index in [0.717, 1.165) is 22.3 Å². The van der Waals surface area contributed by atoms with Gasteiger partial charge in [-0.1, -0.05) is 47.5 Å². The number of ether oxygens (including phenoxy) is 3. The SMILES string of the molecule is COc1cc(/C=C(/NC(=O)COc2cc(C)c(Cl)c(C)c2)C(=O)[O-])ccc1OCc1ccc(C)cc1. The number of carbonyl (C=O) groups is 2. The van der Waals surface area contributed by atoms with Gasteiger partial charge in [0, 0.05) is 5.02 Å². The minimum atomic E-state index is -1.54. The van der Waals surface area contributed by atoms with Crippen molar-refractivity contribution in [2.24, 2.45) is 0 Å². The number of methoxy groups -OCH3 is 1. The molecular weight excluding hydrogens is 482 g/mol. The highest BCUT2D eigenvalue weighted by Gasteiger charge is 2.11. The summed E-state index contributed by atoms with van der Waals surface area (Å²) in [4.78, 5) is 24.0. The number of carbonyl (C=O) groups excluding carboxylic acids is 2. The van der Waals surface area contributed by atoms with Crippen LogP contribution in [0, 0.1) is 20.8 Å². The van der Waals surface area contributed by atoms with E-state index in [1.54, 1.807) is 30.3 Å². The van der Waals surface area contributed by atoms with E-state index in [1.807, 2.05) is 45.0 Å². The van der Waals surface area contributed by atoms with E-state index in [1.165, 1.54) is 13.2 Å². The Bertz CT molecular complexity index is 1260. The second kappa shape index (κ2) is 12.1. The maximum absolute atomic E-state index is 12.3. The van der Waals surface area contributed by atoms with Crippen LogP contribution >= 0.6 is 11.6 Å². The highest BCUT2D eigenvalue weighted by molar-refractivity contribution is 6.32. The van der Waals surface area contributed by atoms with Crippen molar-refractivity contribution in [1.82, 2.24) is 5.32 Å². The predicted molar refractivity (Wildman–Crippen MR) is 136 cm³/mol. The number of carboxylic acid groups (broad SMARTS) is 1. The topological polar surface area (TPSA) is 96.9 Å². The molecule has 188 valence electrons. The lowest BCUT2D eigenvalue weighted by molar-refractivity contribution is -0.299. The van der Waals surface area contributed by atoms with E-state index in [2.05, 4.69) is 5.32 Å². The zero-order valence-electron chi connectivity index (χ0n) is 20.5. The third-order valence-corrected chi connectivity index (χ3v) is 5.88. The number of hydrogen-bond acceptors (Lipinski definition) is 6. The van der Waals surface area contributed by atoms with Gasteiger partial charge in [0.2, 0.25) is 0 Å². The average molecular weight is 509 g/mol. The molecule has 3 aromatic carbocycles. The second-order valence-electron chi connectivity index (χ2n) is 8.24. The zero-order chi connectivity index (χ0) is 26.2. The van der Waals surface area contributed by atoms with Crippen LogP contribution in [0.2, 0.25) is 5.02 Å². The Balaban J connectivity index is 1.67. The Labute approximate surface area is 215 Å². The molecule has 0 heterocycles. The van der Waals surface area contributed by atoms with Crippen LogP contribution in [0.25, 0.3) is 6.08 Å². The number of rotatable bonds is 10. The fraction of sp³-hybridized carbons (Fsp3) is 0.214. The lowest BCUT2D eigenvalue weighted by Crippen LogP contribution is -2.37. The molecule has 0 radical (unpaired) electrons. The van der Waals surface area contributed by atoms with Gasteiger partial charge in [0.25, 0.3) is 5.91 Å². The Morgan fingerprint density at radius 1 is 0.944 bits per heavy atom. The van der Waals surface area contributed by atoms with Gasteiger partial charge in [-0.15, -0.1) is 0 Å². The number of carboxylic acids is 1. The fourth-order valence-electron chi connectivity index (χ4n) is 3.38. The first-order chi connectivity index (χ1) is 17.2. The van der Waals surface area contributed by atoms with E-state index >= 15 is 0 Å². The van der Waals surface area contributed by atoms with Gasteiger partial charge < -0.3 is 29.4 Å². The third kappa shape index (κ3) is 7.26. The molecule has 36 heavy (non-hydrogen) atoms. The van der Waals surface area contributed by atoms with Crippen LogP contribution in [0.4, 0.5) is 0 Å². The molecule has 0 saturated carbocycles. The number of amides is 1. The molecule has 0 aliphatic heterocycles. The van der Waals surface area contributed by atoms with Crippen molar-refractivity contribution in [1.29, 1.82) is 0 Å². The lowest BCUT2D eigenvalue weighted by Gasteiger charge is -2.14. The molecule has 0 aromatic heterocycles. The van der Waals surface area contributed by atoms with Crippen molar-refractivity contribution in [3.63, 3.8) is 0 Å². The molecule has 0 atom stereocenters. The van der Waals surface area contributed by atoms with Crippen LogP contribution in [-0.4, -0.2) is 25.6 Å². The van der Waals surface area contributed by atoms with Gasteiger partial charge in [-0.25, -0.2) is 0 Å². The first-order valence-corrected chi connectivity index (χ1v) is 11.5. The van der Waals surface area contributed by atoms with E-state index < -0.39 is 17.6 Å². The maximum atomic E-state index is 12.3. The van der Waals surface area contributed by atoms with Gasteiger partial charge in [0.05, 0.1) is 18.8 Å². The molecule has 3 aromatic rings. The molecule has 0 spiro atoms. The summed E-state index contributed by atoms with van der Waals surface area (Å²) in [6.45, 7) is 5.62. The summed E-state index contributed by atoms with van der Waals surface area (Å²) in [5, 5.41) is 14.6. The second-order valence-corrected chi connectivity index (χ2v) is 8.62. The molecule has 0 fully saturated rings. The van der Waals surface area contributed by atoms with Crippen LogP contribution in [-0.2, 0) is 16.2 Å². The van der Waals surface area contributed by atoms with Gasteiger partial charge in [0.15, 0.2) is 18.1 Å². The van der Waals surface area contributed by atoms with Gasteiger partial charge in [-0.05, 0) is 73.4 Å². The summed E-state index contributed by atoms with van der Waals surface area (Å²) in [6, 6.07) is 16.3. The standard InChI is InChI=1S/C28H28ClNO6/c1-17-5-7-20(8-6-17)15-36-24-10-9-21(14-25(24)34-4)13-23(28(32)33)30-26(31)16-35-22-11-18(2)27(29)19(3)12-22/h5-14H,15-16H2,1-4H3,(H,30,31)(H,32,33)/p-1/b23-13+. The van der Waals surface area contributed by atoms with Crippen LogP contribution in [0.1, 0.15) is 27.8 Å². The Morgan fingerprint density at radius 2 is 1.61 bits per heavy atom. The normalized spacial score (nSPS) is 11.1. The van der Waals surface area contributed by atoms with Crippen LogP contribution in [0.3, 0.4) is 0 Å². The number of hydrogen-bond donors (Lipinski definition) is 1.